The van der Waals surface area contributed by atoms with Crippen molar-refractivity contribution in [3.05, 3.63) is 69.7 Å². The van der Waals surface area contributed by atoms with Crippen molar-refractivity contribution in [2.24, 2.45) is 0 Å². The number of amides is 1. The van der Waals surface area contributed by atoms with Crippen molar-refractivity contribution < 1.29 is 9.53 Å². The lowest BCUT2D eigenvalue weighted by Gasteiger charge is -2.47. The number of thiophene rings is 1. The molecule has 3 aromatic rings. The summed E-state index contributed by atoms with van der Waals surface area (Å²) >= 11 is 1.49. The summed E-state index contributed by atoms with van der Waals surface area (Å²) in [5, 5.41) is 1.96. The second-order valence-corrected chi connectivity index (χ2v) is 7.71. The second-order valence-electron chi connectivity index (χ2n) is 6.80. The zero-order valence-corrected chi connectivity index (χ0v) is 15.1. The fourth-order valence-corrected chi connectivity index (χ4v) is 4.52. The molecule has 2 aromatic heterocycles. The Kier molecular flexibility index (Phi) is 3.45. The number of aryl methyl sites for hydroxylation is 1. The predicted octanol–water partition coefficient (Wildman–Crippen LogP) is 3.40. The van der Waals surface area contributed by atoms with Crippen LogP contribution in [0.4, 0.5) is 0 Å². The molecule has 1 aromatic carbocycles. The van der Waals surface area contributed by atoms with Gasteiger partial charge in [0.25, 0.3) is 5.91 Å². The lowest BCUT2D eigenvalue weighted by Crippen LogP contribution is -2.61. The average molecular weight is 363 g/mol. The summed E-state index contributed by atoms with van der Waals surface area (Å²) in [7, 11) is 0. The van der Waals surface area contributed by atoms with Gasteiger partial charge in [0.2, 0.25) is 0 Å². The van der Waals surface area contributed by atoms with Crippen molar-refractivity contribution in [3.63, 3.8) is 0 Å². The van der Waals surface area contributed by atoms with E-state index in [1.807, 2.05) is 59.8 Å². The maximum Gasteiger partial charge on any atom is 0.264 e. The summed E-state index contributed by atoms with van der Waals surface area (Å²) < 4.78 is 6.07. The minimum Gasteiger partial charge on any atom is -0.360 e. The molecule has 0 atom stereocenters. The van der Waals surface area contributed by atoms with Gasteiger partial charge in [-0.15, -0.1) is 11.3 Å². The largest absolute Gasteiger partial charge is 0.360 e. The predicted molar refractivity (Wildman–Crippen MR) is 98.9 cm³/mol. The van der Waals surface area contributed by atoms with E-state index in [0.717, 1.165) is 27.3 Å². The van der Waals surface area contributed by atoms with Crippen molar-refractivity contribution in [1.29, 1.82) is 0 Å². The fourth-order valence-electron chi connectivity index (χ4n) is 3.63. The number of ether oxygens (including phenoxy) is 1. The molecule has 1 saturated heterocycles. The molecule has 0 bridgehead atoms. The minimum absolute atomic E-state index is 0.0852. The third-order valence-corrected chi connectivity index (χ3v) is 6.12. The molecule has 0 N–H and O–H groups in total. The Bertz CT molecular complexity index is 993. The van der Waals surface area contributed by atoms with Crippen LogP contribution < -0.4 is 0 Å². The molecule has 4 heterocycles. The number of likely N-dealkylation sites (tertiary alicyclic amines) is 1. The van der Waals surface area contributed by atoms with Crippen molar-refractivity contribution in [3.8, 4) is 11.4 Å². The van der Waals surface area contributed by atoms with E-state index < -0.39 is 5.60 Å². The smallest absolute Gasteiger partial charge is 0.264 e. The highest BCUT2D eigenvalue weighted by Gasteiger charge is 2.52. The number of aromatic nitrogens is 2. The number of nitrogens with zero attached hydrogens (tertiary/aromatic N) is 3. The van der Waals surface area contributed by atoms with Gasteiger partial charge in [-0.1, -0.05) is 30.3 Å². The first-order chi connectivity index (χ1) is 12.7. The Morgan fingerprint density at radius 2 is 2.04 bits per heavy atom. The molecule has 6 heteroatoms. The molecule has 2 aliphatic rings. The van der Waals surface area contributed by atoms with E-state index in [-0.39, 0.29) is 5.91 Å². The first-order valence-electron chi connectivity index (χ1n) is 8.55. The van der Waals surface area contributed by atoms with Crippen molar-refractivity contribution in [2.75, 3.05) is 13.1 Å². The summed E-state index contributed by atoms with van der Waals surface area (Å²) in [5.41, 5.74) is 3.53. The van der Waals surface area contributed by atoms with Gasteiger partial charge in [-0.2, -0.15) is 0 Å². The molecular weight excluding hydrogens is 346 g/mol. The minimum atomic E-state index is -0.439. The van der Waals surface area contributed by atoms with Crippen LogP contribution >= 0.6 is 11.3 Å². The standard InChI is InChI=1S/C20H17N3O2S/c1-13-7-8-26-17(13)19(24)23-11-20(12-23)15-9-21-18(22-16(15)10-25-20)14-5-3-2-4-6-14/h2-9H,10-12H2,1H3. The van der Waals surface area contributed by atoms with Crippen LogP contribution in [-0.4, -0.2) is 33.9 Å². The first-order valence-corrected chi connectivity index (χ1v) is 9.43. The highest BCUT2D eigenvalue weighted by Crippen LogP contribution is 2.43. The van der Waals surface area contributed by atoms with Gasteiger partial charge in [-0.05, 0) is 23.9 Å². The van der Waals surface area contributed by atoms with Crippen LogP contribution in [0.2, 0.25) is 0 Å². The fraction of sp³-hybridized carbons (Fsp3) is 0.250. The average Bonchev–Trinajstić information content (AvgIpc) is 3.24. The lowest BCUT2D eigenvalue weighted by molar-refractivity contribution is -0.126. The third kappa shape index (κ3) is 2.29. The molecule has 1 amide bonds. The second kappa shape index (κ2) is 5.72. The first kappa shape index (κ1) is 15.7. The van der Waals surface area contributed by atoms with Gasteiger partial charge in [0, 0.05) is 17.3 Å². The molecule has 1 fully saturated rings. The SMILES string of the molecule is Cc1ccsc1C(=O)N1CC2(C1)OCc1nc(-c3ccccc3)ncc12. The van der Waals surface area contributed by atoms with Gasteiger partial charge < -0.3 is 9.64 Å². The molecule has 130 valence electrons. The third-order valence-electron chi connectivity index (χ3n) is 5.11. The number of carbonyl (C=O) groups excluding carboxylic acids is 1. The topological polar surface area (TPSA) is 55.3 Å². The number of hydrogen-bond acceptors (Lipinski definition) is 5. The van der Waals surface area contributed by atoms with Gasteiger partial charge >= 0.3 is 0 Å². The Labute approximate surface area is 155 Å². The van der Waals surface area contributed by atoms with E-state index in [4.69, 9.17) is 9.72 Å². The summed E-state index contributed by atoms with van der Waals surface area (Å²) in [6.45, 7) is 3.56. The Balaban J connectivity index is 1.38. The summed E-state index contributed by atoms with van der Waals surface area (Å²) in [4.78, 5) is 24.5. The van der Waals surface area contributed by atoms with Crippen LogP contribution in [0.5, 0.6) is 0 Å². The zero-order valence-electron chi connectivity index (χ0n) is 14.3. The van der Waals surface area contributed by atoms with E-state index in [1.165, 1.54) is 11.3 Å². The number of fused-ring (bicyclic) bond motifs is 2. The number of rotatable bonds is 2. The van der Waals surface area contributed by atoms with Gasteiger partial charge in [-0.3, -0.25) is 4.79 Å². The molecule has 0 radical (unpaired) electrons. The summed E-state index contributed by atoms with van der Waals surface area (Å²) in [6.07, 6.45) is 1.87. The maximum atomic E-state index is 12.6. The molecular formula is C20H17N3O2S. The van der Waals surface area contributed by atoms with Crippen LogP contribution in [-0.2, 0) is 16.9 Å². The number of benzene rings is 1. The Morgan fingerprint density at radius 3 is 2.77 bits per heavy atom. The van der Waals surface area contributed by atoms with Crippen LogP contribution in [0.1, 0.15) is 26.5 Å². The molecule has 0 aliphatic carbocycles. The van der Waals surface area contributed by atoms with Crippen LogP contribution in [0.15, 0.2) is 48.0 Å². The Morgan fingerprint density at radius 1 is 1.23 bits per heavy atom. The van der Waals surface area contributed by atoms with E-state index >= 15 is 0 Å². The molecule has 5 nitrogen and oxygen atoms in total. The normalized spacial score (nSPS) is 17.2. The van der Waals surface area contributed by atoms with E-state index in [9.17, 15) is 4.79 Å². The zero-order chi connectivity index (χ0) is 17.7. The van der Waals surface area contributed by atoms with Crippen molar-refractivity contribution >= 4 is 17.2 Å². The molecule has 2 aliphatic heterocycles. The maximum absolute atomic E-state index is 12.6. The van der Waals surface area contributed by atoms with Crippen molar-refractivity contribution in [1.82, 2.24) is 14.9 Å². The molecule has 5 rings (SSSR count). The van der Waals surface area contributed by atoms with Gasteiger partial charge in [0.15, 0.2) is 5.82 Å². The van der Waals surface area contributed by atoms with Gasteiger partial charge in [0.05, 0.1) is 30.3 Å². The van der Waals surface area contributed by atoms with Crippen LogP contribution in [0.25, 0.3) is 11.4 Å². The Hall–Kier alpha value is -2.57. The molecule has 26 heavy (non-hydrogen) atoms. The van der Waals surface area contributed by atoms with Crippen LogP contribution in [0.3, 0.4) is 0 Å². The number of carbonyl (C=O) groups is 1. The van der Waals surface area contributed by atoms with Gasteiger partial charge in [0.1, 0.15) is 5.60 Å². The van der Waals surface area contributed by atoms with Gasteiger partial charge in [-0.25, -0.2) is 9.97 Å². The summed E-state index contributed by atoms with van der Waals surface area (Å²) in [5.74, 6) is 0.800. The highest BCUT2D eigenvalue weighted by molar-refractivity contribution is 7.12. The van der Waals surface area contributed by atoms with E-state index in [2.05, 4.69) is 4.98 Å². The van der Waals surface area contributed by atoms with E-state index in [1.54, 1.807) is 0 Å². The highest BCUT2D eigenvalue weighted by atomic mass is 32.1. The quantitative estimate of drug-likeness (QED) is 0.700. The monoisotopic (exact) mass is 363 g/mol. The molecule has 1 spiro atoms. The van der Waals surface area contributed by atoms with Crippen LogP contribution in [0, 0.1) is 6.92 Å². The summed E-state index contributed by atoms with van der Waals surface area (Å²) in [6, 6.07) is 11.9. The molecule has 0 saturated carbocycles. The van der Waals surface area contributed by atoms with E-state index in [0.29, 0.717) is 25.5 Å². The lowest BCUT2D eigenvalue weighted by atomic mass is 9.87. The van der Waals surface area contributed by atoms with Crippen molar-refractivity contribution in [2.45, 2.75) is 19.1 Å². The molecule has 0 unspecified atom stereocenters. The number of hydrogen-bond donors (Lipinski definition) is 0.